The molecule has 0 bridgehead atoms. The molecule has 1 N–H and O–H groups in total. The zero-order chi connectivity index (χ0) is 26.3. The number of likely N-dealkylation sites (tertiary alicyclic amines) is 1. The second-order valence-corrected chi connectivity index (χ2v) is 10.6. The lowest BCUT2D eigenvalue weighted by atomic mass is 9.84. The number of carbonyl (C=O) groups excluding carboxylic acids is 3. The Balaban J connectivity index is 1.54. The van der Waals surface area contributed by atoms with Gasteiger partial charge in [0.2, 0.25) is 5.91 Å². The van der Waals surface area contributed by atoms with Crippen LogP contribution in [0.3, 0.4) is 0 Å². The Hall–Kier alpha value is -3.55. The second-order valence-electron chi connectivity index (χ2n) is 10.6. The maximum atomic E-state index is 13.4. The summed E-state index contributed by atoms with van der Waals surface area (Å²) in [6.07, 6.45) is 1.57. The van der Waals surface area contributed by atoms with Crippen molar-refractivity contribution in [3.8, 4) is 11.5 Å². The first-order valence-electron chi connectivity index (χ1n) is 12.3. The lowest BCUT2D eigenvalue weighted by molar-refractivity contribution is -0.139. The molecule has 0 unspecified atom stereocenters. The third-order valence-electron chi connectivity index (χ3n) is 7.27. The zero-order valence-electron chi connectivity index (χ0n) is 21.9. The van der Waals surface area contributed by atoms with Gasteiger partial charge in [0.15, 0.2) is 0 Å². The number of nitrogens with zero attached hydrogens (tertiary/aromatic N) is 2. The molecule has 192 valence electrons. The van der Waals surface area contributed by atoms with Crippen LogP contribution in [0, 0.1) is 0 Å². The fraction of sp³-hybridized carbons (Fsp3) is 0.464. The van der Waals surface area contributed by atoms with E-state index in [0.717, 1.165) is 28.9 Å². The van der Waals surface area contributed by atoms with Gasteiger partial charge in [0, 0.05) is 12.1 Å². The van der Waals surface area contributed by atoms with Crippen LogP contribution in [0.25, 0.3) is 0 Å². The third-order valence-corrected chi connectivity index (χ3v) is 7.27. The maximum absolute atomic E-state index is 13.4. The van der Waals surface area contributed by atoms with Gasteiger partial charge >= 0.3 is 6.03 Å². The number of hydrogen-bond donors (Lipinski definition) is 1. The molecule has 4 amide bonds. The Morgan fingerprint density at radius 2 is 1.78 bits per heavy atom. The molecule has 0 radical (unpaired) electrons. The van der Waals surface area contributed by atoms with Gasteiger partial charge in [0.1, 0.15) is 23.6 Å². The van der Waals surface area contributed by atoms with Gasteiger partial charge in [-0.2, -0.15) is 0 Å². The summed E-state index contributed by atoms with van der Waals surface area (Å²) in [7, 11) is 3.18. The van der Waals surface area contributed by atoms with Crippen molar-refractivity contribution in [3.63, 3.8) is 0 Å². The van der Waals surface area contributed by atoms with Crippen molar-refractivity contribution in [1.82, 2.24) is 15.1 Å². The molecule has 4 rings (SSSR count). The fourth-order valence-corrected chi connectivity index (χ4v) is 5.05. The highest BCUT2D eigenvalue weighted by atomic mass is 16.5. The molecule has 2 atom stereocenters. The van der Waals surface area contributed by atoms with Crippen molar-refractivity contribution < 1.29 is 23.9 Å². The summed E-state index contributed by atoms with van der Waals surface area (Å²) in [6, 6.07) is 12.4. The fourth-order valence-electron chi connectivity index (χ4n) is 5.05. The first kappa shape index (κ1) is 25.5. The van der Waals surface area contributed by atoms with Crippen LogP contribution < -0.4 is 14.8 Å². The van der Waals surface area contributed by atoms with E-state index < -0.39 is 17.5 Å². The molecule has 2 aromatic carbocycles. The topological polar surface area (TPSA) is 88.2 Å². The number of methoxy groups -OCH3 is 2. The molecule has 0 aromatic heterocycles. The Morgan fingerprint density at radius 1 is 1.08 bits per heavy atom. The van der Waals surface area contributed by atoms with Crippen LogP contribution in [-0.2, 0) is 20.5 Å². The van der Waals surface area contributed by atoms with E-state index >= 15 is 0 Å². The van der Waals surface area contributed by atoms with Gasteiger partial charge in [0.25, 0.3) is 5.91 Å². The summed E-state index contributed by atoms with van der Waals surface area (Å²) in [4.78, 5) is 42.5. The van der Waals surface area contributed by atoms with Gasteiger partial charge in [-0.25, -0.2) is 4.79 Å². The van der Waals surface area contributed by atoms with Crippen molar-refractivity contribution in [2.45, 2.75) is 57.5 Å². The minimum Gasteiger partial charge on any atom is -0.497 e. The Morgan fingerprint density at radius 3 is 2.39 bits per heavy atom. The average Bonchev–Trinajstić information content (AvgIpc) is 3.43. The predicted octanol–water partition coefficient (Wildman–Crippen LogP) is 4.13. The highest BCUT2D eigenvalue weighted by Gasteiger charge is 2.50. The summed E-state index contributed by atoms with van der Waals surface area (Å²) in [5, 5.41) is 2.81. The van der Waals surface area contributed by atoms with Gasteiger partial charge in [-0.3, -0.25) is 14.5 Å². The normalized spacial score (nSPS) is 22.1. The number of hydrogen-bond acceptors (Lipinski definition) is 5. The summed E-state index contributed by atoms with van der Waals surface area (Å²) in [5.74, 6) is 0.631. The Kier molecular flexibility index (Phi) is 6.73. The molecule has 36 heavy (non-hydrogen) atoms. The highest BCUT2D eigenvalue weighted by molar-refractivity contribution is 6.09. The van der Waals surface area contributed by atoms with Crippen molar-refractivity contribution in [2.24, 2.45) is 0 Å². The minimum absolute atomic E-state index is 0.0292. The van der Waals surface area contributed by atoms with E-state index in [4.69, 9.17) is 9.47 Å². The van der Waals surface area contributed by atoms with Crippen LogP contribution in [0.4, 0.5) is 4.79 Å². The molecular formula is C28H35N3O5. The van der Waals surface area contributed by atoms with E-state index in [-0.39, 0.29) is 23.9 Å². The first-order chi connectivity index (χ1) is 17.0. The molecule has 8 nitrogen and oxygen atoms in total. The van der Waals surface area contributed by atoms with Gasteiger partial charge in [-0.1, -0.05) is 45.0 Å². The smallest absolute Gasteiger partial charge is 0.325 e. The quantitative estimate of drug-likeness (QED) is 0.612. The van der Waals surface area contributed by atoms with Crippen LogP contribution in [0.5, 0.6) is 11.5 Å². The van der Waals surface area contributed by atoms with E-state index in [2.05, 4.69) is 26.1 Å². The number of imide groups is 1. The molecule has 0 spiro atoms. The van der Waals surface area contributed by atoms with Crippen molar-refractivity contribution in [1.29, 1.82) is 0 Å². The van der Waals surface area contributed by atoms with Crippen LogP contribution >= 0.6 is 0 Å². The van der Waals surface area contributed by atoms with Crippen molar-refractivity contribution in [3.05, 3.63) is 59.2 Å². The van der Waals surface area contributed by atoms with Crippen LogP contribution in [-0.4, -0.2) is 55.0 Å². The van der Waals surface area contributed by atoms with Crippen LogP contribution in [0.15, 0.2) is 42.5 Å². The Labute approximate surface area is 212 Å². The molecular weight excluding hydrogens is 458 g/mol. The summed E-state index contributed by atoms with van der Waals surface area (Å²) in [6.45, 7) is 8.26. The molecule has 2 saturated heterocycles. The Bertz CT molecular complexity index is 1170. The van der Waals surface area contributed by atoms with E-state index in [1.165, 1.54) is 0 Å². The monoisotopic (exact) mass is 493 g/mol. The molecule has 2 aliphatic heterocycles. The largest absolute Gasteiger partial charge is 0.497 e. The van der Waals surface area contributed by atoms with E-state index in [9.17, 15) is 14.4 Å². The minimum atomic E-state index is -1.23. The van der Waals surface area contributed by atoms with Crippen LogP contribution in [0.2, 0.25) is 0 Å². The molecule has 2 heterocycles. The second kappa shape index (κ2) is 9.48. The van der Waals surface area contributed by atoms with Gasteiger partial charge in [0.05, 0.1) is 20.3 Å². The summed E-state index contributed by atoms with van der Waals surface area (Å²) < 4.78 is 10.9. The number of nitrogens with one attached hydrogen (secondary N) is 1. The van der Waals surface area contributed by atoms with Crippen LogP contribution in [0.1, 0.15) is 63.3 Å². The molecule has 8 heteroatoms. The number of amides is 4. The summed E-state index contributed by atoms with van der Waals surface area (Å²) in [5.41, 5.74) is 1.41. The maximum Gasteiger partial charge on any atom is 0.325 e. The SMILES string of the molecule is COc1ccc(OC)c([C@H]2CCCN2C(=O)CN2C(=O)N[C@](C)(c3ccc(C(C)(C)C)cc3)C2=O)c1. The van der Waals surface area contributed by atoms with Crippen molar-refractivity contribution >= 4 is 17.8 Å². The molecule has 0 saturated carbocycles. The van der Waals surface area contributed by atoms with E-state index in [0.29, 0.717) is 23.6 Å². The number of urea groups is 1. The van der Waals surface area contributed by atoms with Crippen molar-refractivity contribution in [2.75, 3.05) is 27.3 Å². The average molecular weight is 494 g/mol. The molecule has 2 fully saturated rings. The van der Waals surface area contributed by atoms with Gasteiger partial charge < -0.3 is 19.7 Å². The number of rotatable bonds is 6. The highest BCUT2D eigenvalue weighted by Crippen LogP contribution is 2.39. The predicted molar refractivity (Wildman–Crippen MR) is 136 cm³/mol. The first-order valence-corrected chi connectivity index (χ1v) is 12.3. The standard InChI is InChI=1S/C28H35N3O5/c1-27(2,3)18-9-11-19(12-10-18)28(4)25(33)31(26(34)29-28)17-24(32)30-15-7-8-22(30)21-16-20(35-5)13-14-23(21)36-6/h9-14,16,22H,7-8,15,17H2,1-6H3,(H,29,34)/t22-,28-/m1/s1. The lowest BCUT2D eigenvalue weighted by Gasteiger charge is -2.28. The van der Waals surface area contributed by atoms with E-state index in [1.54, 1.807) is 26.0 Å². The molecule has 0 aliphatic carbocycles. The van der Waals surface area contributed by atoms with Gasteiger partial charge in [-0.15, -0.1) is 0 Å². The molecule has 2 aromatic rings. The number of ether oxygens (including phenoxy) is 2. The van der Waals surface area contributed by atoms with E-state index in [1.807, 2.05) is 42.5 Å². The number of carbonyl (C=O) groups is 3. The molecule has 2 aliphatic rings. The lowest BCUT2D eigenvalue weighted by Crippen LogP contribution is -2.44. The zero-order valence-corrected chi connectivity index (χ0v) is 21.9. The summed E-state index contributed by atoms with van der Waals surface area (Å²) >= 11 is 0. The van der Waals surface area contributed by atoms with Gasteiger partial charge in [-0.05, 0) is 54.5 Å². The number of benzene rings is 2. The third kappa shape index (κ3) is 4.52.